The molecule has 1 N–H and O–H groups in total. The van der Waals surface area contributed by atoms with Crippen LogP contribution < -0.4 is 0 Å². The second-order valence-electron chi connectivity index (χ2n) is 2.86. The maximum atomic E-state index is 10.8. The Labute approximate surface area is 86.1 Å². The van der Waals surface area contributed by atoms with E-state index in [-0.39, 0.29) is 12.7 Å². The van der Waals surface area contributed by atoms with Crippen molar-refractivity contribution in [2.45, 2.75) is 31.7 Å². The van der Waals surface area contributed by atoms with Gasteiger partial charge in [-0.15, -0.1) is 5.10 Å². The summed E-state index contributed by atoms with van der Waals surface area (Å²) in [6, 6.07) is 0. The number of hydrogen-bond donors (Lipinski definition) is 1. The van der Waals surface area contributed by atoms with E-state index in [2.05, 4.69) is 15.2 Å². The highest BCUT2D eigenvalue weighted by molar-refractivity contribution is 8.13. The average molecular weight is 240 g/mol. The molecule has 0 amide bonds. The predicted molar refractivity (Wildman–Crippen MR) is 49.3 cm³/mol. The van der Waals surface area contributed by atoms with Crippen LogP contribution in [0.5, 0.6) is 0 Å². The smallest absolute Gasteiger partial charge is 0.298 e. The Morgan fingerprint density at radius 3 is 2.64 bits per heavy atom. The molecular weight excluding hydrogens is 230 g/mol. The van der Waals surface area contributed by atoms with Gasteiger partial charge in [-0.05, 0) is 13.8 Å². The molecule has 1 aromatic rings. The molecule has 0 spiro atoms. The molecule has 0 aliphatic carbocycles. The van der Waals surface area contributed by atoms with Crippen molar-refractivity contribution in [3.05, 3.63) is 5.82 Å². The number of nitrogens with zero attached hydrogens (tertiary/aromatic N) is 2. The van der Waals surface area contributed by atoms with E-state index < -0.39 is 14.2 Å². The minimum atomic E-state index is -3.86. The summed E-state index contributed by atoms with van der Waals surface area (Å²) in [7, 11) is 1.16. The summed E-state index contributed by atoms with van der Waals surface area (Å²) >= 11 is 0. The maximum Gasteiger partial charge on any atom is 0.298 e. The SMILES string of the molecule is CC(C)OCc1nc(S(=O)(=O)Cl)n[nH]1. The first-order valence-corrected chi connectivity index (χ1v) is 6.18. The standard InChI is InChI=1S/C6H10ClN3O3S/c1-4(2)13-3-5-8-6(10-9-5)14(7,11)12/h4H,3H2,1-2H3,(H,8,9,10). The molecule has 0 bridgehead atoms. The third-order valence-corrected chi connectivity index (χ3v) is 2.32. The third-order valence-electron chi connectivity index (χ3n) is 1.28. The number of aromatic amines is 1. The minimum Gasteiger partial charge on any atom is -0.371 e. The van der Waals surface area contributed by atoms with Gasteiger partial charge in [-0.25, -0.2) is 8.42 Å². The van der Waals surface area contributed by atoms with E-state index in [1.54, 1.807) is 0 Å². The van der Waals surface area contributed by atoms with E-state index in [1.165, 1.54) is 0 Å². The van der Waals surface area contributed by atoms with Crippen molar-refractivity contribution < 1.29 is 13.2 Å². The summed E-state index contributed by atoms with van der Waals surface area (Å²) < 4.78 is 26.7. The molecule has 0 aliphatic rings. The predicted octanol–water partition coefficient (Wildman–Crippen LogP) is 0.657. The summed E-state index contributed by atoms with van der Waals surface area (Å²) in [5, 5.41) is 5.42. The Bertz CT molecular complexity index is 400. The van der Waals surface area contributed by atoms with Crippen molar-refractivity contribution >= 4 is 19.7 Å². The number of hydrogen-bond acceptors (Lipinski definition) is 5. The molecule has 14 heavy (non-hydrogen) atoms. The molecule has 0 saturated heterocycles. The van der Waals surface area contributed by atoms with E-state index >= 15 is 0 Å². The lowest BCUT2D eigenvalue weighted by molar-refractivity contribution is 0.0614. The van der Waals surface area contributed by atoms with Crippen LogP contribution in [0.3, 0.4) is 0 Å². The lowest BCUT2D eigenvalue weighted by Gasteiger charge is -2.03. The lowest BCUT2D eigenvalue weighted by Crippen LogP contribution is -2.03. The topological polar surface area (TPSA) is 84.9 Å². The van der Waals surface area contributed by atoms with E-state index in [4.69, 9.17) is 15.4 Å². The Morgan fingerprint density at radius 2 is 2.21 bits per heavy atom. The van der Waals surface area contributed by atoms with Crippen LogP contribution in [-0.2, 0) is 20.4 Å². The fraction of sp³-hybridized carbons (Fsp3) is 0.667. The number of rotatable bonds is 4. The first-order valence-electron chi connectivity index (χ1n) is 3.87. The molecule has 1 rings (SSSR count). The highest BCUT2D eigenvalue weighted by Gasteiger charge is 2.16. The average Bonchev–Trinajstić information content (AvgIpc) is 2.47. The van der Waals surface area contributed by atoms with Gasteiger partial charge in [0, 0.05) is 10.7 Å². The van der Waals surface area contributed by atoms with Crippen molar-refractivity contribution in [2.75, 3.05) is 0 Å². The Morgan fingerprint density at radius 1 is 1.57 bits per heavy atom. The summed E-state index contributed by atoms with van der Waals surface area (Å²) in [5.74, 6) is 0.331. The van der Waals surface area contributed by atoms with Gasteiger partial charge in [0.25, 0.3) is 14.2 Å². The largest absolute Gasteiger partial charge is 0.371 e. The highest BCUT2D eigenvalue weighted by atomic mass is 35.7. The molecule has 0 fully saturated rings. The van der Waals surface area contributed by atoms with Gasteiger partial charge in [0.1, 0.15) is 6.61 Å². The molecule has 0 atom stereocenters. The first kappa shape index (κ1) is 11.4. The molecule has 0 saturated carbocycles. The highest BCUT2D eigenvalue weighted by Crippen LogP contribution is 2.08. The van der Waals surface area contributed by atoms with Gasteiger partial charge >= 0.3 is 0 Å². The molecule has 6 nitrogen and oxygen atoms in total. The molecule has 1 heterocycles. The van der Waals surface area contributed by atoms with Crippen LogP contribution in [0, 0.1) is 0 Å². The fourth-order valence-electron chi connectivity index (χ4n) is 0.697. The van der Waals surface area contributed by atoms with Crippen LogP contribution in [0.1, 0.15) is 19.7 Å². The normalized spacial score (nSPS) is 12.3. The molecule has 1 aromatic heterocycles. The van der Waals surface area contributed by atoms with Crippen LogP contribution in [0.15, 0.2) is 5.16 Å². The van der Waals surface area contributed by atoms with E-state index in [0.29, 0.717) is 5.82 Å². The summed E-state index contributed by atoms with van der Waals surface area (Å²) in [6.45, 7) is 3.89. The second-order valence-corrected chi connectivity index (χ2v) is 5.32. The molecular formula is C6H10ClN3O3S. The minimum absolute atomic E-state index is 0.0381. The van der Waals surface area contributed by atoms with Gasteiger partial charge in [0.05, 0.1) is 6.10 Å². The van der Waals surface area contributed by atoms with Crippen molar-refractivity contribution in [1.82, 2.24) is 15.2 Å². The van der Waals surface area contributed by atoms with Crippen LogP contribution in [-0.4, -0.2) is 29.7 Å². The molecule has 0 aliphatic heterocycles. The van der Waals surface area contributed by atoms with Gasteiger partial charge < -0.3 is 4.74 Å². The molecule has 8 heteroatoms. The Balaban J connectivity index is 2.70. The van der Waals surface area contributed by atoms with Gasteiger partial charge in [0.2, 0.25) is 0 Å². The quantitative estimate of drug-likeness (QED) is 0.780. The number of nitrogens with one attached hydrogen (secondary N) is 1. The van der Waals surface area contributed by atoms with Crippen LogP contribution >= 0.6 is 10.7 Å². The number of aromatic nitrogens is 3. The lowest BCUT2D eigenvalue weighted by atomic mass is 10.5. The molecule has 0 radical (unpaired) electrons. The van der Waals surface area contributed by atoms with Gasteiger partial charge in [-0.2, -0.15) is 4.98 Å². The molecule has 0 aromatic carbocycles. The van der Waals surface area contributed by atoms with Crippen LogP contribution in [0.4, 0.5) is 0 Å². The van der Waals surface area contributed by atoms with Crippen molar-refractivity contribution in [2.24, 2.45) is 0 Å². The van der Waals surface area contributed by atoms with Gasteiger partial charge in [-0.3, -0.25) is 5.10 Å². The Hall–Kier alpha value is -0.660. The third kappa shape index (κ3) is 3.24. The van der Waals surface area contributed by atoms with Crippen molar-refractivity contribution in [3.8, 4) is 0 Å². The van der Waals surface area contributed by atoms with E-state index in [0.717, 1.165) is 0 Å². The van der Waals surface area contributed by atoms with E-state index in [1.807, 2.05) is 13.8 Å². The molecule has 0 unspecified atom stereocenters. The zero-order valence-corrected chi connectivity index (χ0v) is 9.26. The Kier molecular flexibility index (Phi) is 3.46. The summed E-state index contributed by atoms with van der Waals surface area (Å²) in [6.07, 6.45) is 0.0381. The summed E-state index contributed by atoms with van der Waals surface area (Å²) in [4.78, 5) is 3.64. The summed E-state index contributed by atoms with van der Waals surface area (Å²) in [5.41, 5.74) is 0. The number of H-pyrrole nitrogens is 1. The van der Waals surface area contributed by atoms with Gasteiger partial charge in [-0.1, -0.05) is 0 Å². The zero-order valence-electron chi connectivity index (χ0n) is 7.69. The van der Waals surface area contributed by atoms with Crippen molar-refractivity contribution in [3.63, 3.8) is 0 Å². The monoisotopic (exact) mass is 239 g/mol. The van der Waals surface area contributed by atoms with Gasteiger partial charge in [0.15, 0.2) is 5.82 Å². The molecule has 80 valence electrons. The van der Waals surface area contributed by atoms with Crippen LogP contribution in [0.25, 0.3) is 0 Å². The van der Waals surface area contributed by atoms with Crippen molar-refractivity contribution in [1.29, 1.82) is 0 Å². The number of ether oxygens (including phenoxy) is 1. The number of halogens is 1. The maximum absolute atomic E-state index is 10.8. The second kappa shape index (κ2) is 4.24. The van der Waals surface area contributed by atoms with E-state index in [9.17, 15) is 8.42 Å². The fourth-order valence-corrected chi connectivity index (χ4v) is 1.28. The first-order chi connectivity index (χ1) is 6.39. The zero-order chi connectivity index (χ0) is 10.8. The van der Waals surface area contributed by atoms with Crippen LogP contribution in [0.2, 0.25) is 0 Å².